The zero-order valence-electron chi connectivity index (χ0n) is 10.4. The van der Waals surface area contributed by atoms with E-state index in [2.05, 4.69) is 41.1 Å². The maximum absolute atomic E-state index is 11.5. The third-order valence-corrected chi connectivity index (χ3v) is 4.24. The van der Waals surface area contributed by atoms with E-state index in [1.54, 1.807) is 0 Å². The van der Waals surface area contributed by atoms with Crippen LogP contribution in [0.4, 0.5) is 0 Å². The quantitative estimate of drug-likeness (QED) is 0.757. The summed E-state index contributed by atoms with van der Waals surface area (Å²) in [4.78, 5) is 11.5. The van der Waals surface area contributed by atoms with E-state index < -0.39 is 0 Å². The molecule has 0 aliphatic carbocycles. The van der Waals surface area contributed by atoms with Crippen LogP contribution in [0.25, 0.3) is 0 Å². The number of aryl methyl sites for hydroxylation is 1. The number of rotatable bonds is 6. The minimum atomic E-state index is 0.326. The topological polar surface area (TPSA) is 17.1 Å². The molecule has 1 rings (SSSR count). The van der Waals surface area contributed by atoms with Gasteiger partial charge in [0, 0.05) is 10.9 Å². The summed E-state index contributed by atoms with van der Waals surface area (Å²) in [5.41, 5.74) is 1.33. The number of benzene rings is 1. The summed E-state index contributed by atoms with van der Waals surface area (Å²) in [5.74, 6) is 1.35. The number of thioether (sulfide) groups is 1. The lowest BCUT2D eigenvalue weighted by molar-refractivity contribution is -0.111. The summed E-state index contributed by atoms with van der Waals surface area (Å²) in [7, 11) is 0. The lowest BCUT2D eigenvalue weighted by Crippen LogP contribution is -2.04. The van der Waals surface area contributed by atoms with Gasteiger partial charge in [-0.05, 0) is 36.1 Å². The number of halogens is 1. The van der Waals surface area contributed by atoms with Crippen molar-refractivity contribution in [3.05, 3.63) is 34.3 Å². The standard InChI is InChI=1S/C14H19BrOS/c1-3-17-14(16)10-11(2)8-9-12-6-4-5-7-13(12)15/h4-7,11H,3,8-10H2,1-2H3/t11-/m1/s1. The van der Waals surface area contributed by atoms with Crippen LogP contribution in [0.3, 0.4) is 0 Å². The van der Waals surface area contributed by atoms with E-state index in [0.29, 0.717) is 17.5 Å². The average molecular weight is 315 g/mol. The molecule has 0 aliphatic rings. The first-order chi connectivity index (χ1) is 8.13. The third-order valence-electron chi connectivity index (χ3n) is 2.68. The molecule has 1 aromatic rings. The van der Waals surface area contributed by atoms with Gasteiger partial charge in [0.05, 0.1) is 0 Å². The van der Waals surface area contributed by atoms with E-state index in [0.717, 1.165) is 18.6 Å². The van der Waals surface area contributed by atoms with E-state index >= 15 is 0 Å². The normalized spacial score (nSPS) is 12.4. The van der Waals surface area contributed by atoms with Gasteiger partial charge >= 0.3 is 0 Å². The second kappa shape index (κ2) is 7.93. The van der Waals surface area contributed by atoms with Crippen LogP contribution in [0.1, 0.15) is 32.3 Å². The van der Waals surface area contributed by atoms with Gasteiger partial charge in [-0.3, -0.25) is 4.79 Å². The Morgan fingerprint density at radius 2 is 2.12 bits per heavy atom. The maximum atomic E-state index is 11.5. The highest BCUT2D eigenvalue weighted by atomic mass is 79.9. The lowest BCUT2D eigenvalue weighted by atomic mass is 9.99. The lowest BCUT2D eigenvalue weighted by Gasteiger charge is -2.10. The second-order valence-electron chi connectivity index (χ2n) is 4.24. The molecule has 0 spiro atoms. The molecule has 0 radical (unpaired) electrons. The number of carbonyl (C=O) groups excluding carboxylic acids is 1. The van der Waals surface area contributed by atoms with Crippen LogP contribution in [-0.4, -0.2) is 10.9 Å². The van der Waals surface area contributed by atoms with Crippen LogP contribution in [0.15, 0.2) is 28.7 Å². The molecule has 0 amide bonds. The Balaban J connectivity index is 2.35. The molecule has 0 saturated heterocycles. The van der Waals surface area contributed by atoms with Gasteiger partial charge in [-0.1, -0.05) is 59.7 Å². The molecule has 0 N–H and O–H groups in total. The van der Waals surface area contributed by atoms with Crippen molar-refractivity contribution < 1.29 is 4.79 Å². The Kier molecular flexibility index (Phi) is 6.90. The average Bonchev–Trinajstić information content (AvgIpc) is 2.28. The van der Waals surface area contributed by atoms with Crippen molar-refractivity contribution >= 4 is 32.8 Å². The van der Waals surface area contributed by atoms with E-state index in [1.807, 2.05) is 13.0 Å². The van der Waals surface area contributed by atoms with Crippen LogP contribution in [0, 0.1) is 5.92 Å². The van der Waals surface area contributed by atoms with Crippen LogP contribution in [-0.2, 0) is 11.2 Å². The van der Waals surface area contributed by atoms with E-state index in [4.69, 9.17) is 0 Å². The van der Waals surface area contributed by atoms with E-state index in [1.165, 1.54) is 21.8 Å². The van der Waals surface area contributed by atoms with Crippen molar-refractivity contribution in [3.8, 4) is 0 Å². The molecule has 0 unspecified atom stereocenters. The number of hydrogen-bond donors (Lipinski definition) is 0. The summed E-state index contributed by atoms with van der Waals surface area (Å²) < 4.78 is 1.17. The summed E-state index contributed by atoms with van der Waals surface area (Å²) in [6.07, 6.45) is 2.80. The van der Waals surface area contributed by atoms with Crippen molar-refractivity contribution in [2.45, 2.75) is 33.1 Å². The van der Waals surface area contributed by atoms with Crippen LogP contribution >= 0.6 is 27.7 Å². The van der Waals surface area contributed by atoms with Gasteiger partial charge in [-0.15, -0.1) is 0 Å². The first-order valence-electron chi connectivity index (χ1n) is 6.02. The van der Waals surface area contributed by atoms with Crippen molar-refractivity contribution in [1.29, 1.82) is 0 Å². The Hall–Kier alpha value is -0.280. The summed E-state index contributed by atoms with van der Waals surface area (Å²) in [6.45, 7) is 4.18. The minimum absolute atomic E-state index is 0.326. The van der Waals surface area contributed by atoms with Crippen LogP contribution in [0.5, 0.6) is 0 Å². The molecule has 0 bridgehead atoms. The first kappa shape index (κ1) is 14.8. The molecule has 94 valence electrons. The molecular weight excluding hydrogens is 296 g/mol. The Labute approximate surface area is 117 Å². The molecule has 0 saturated carbocycles. The van der Waals surface area contributed by atoms with Gasteiger partial charge in [-0.25, -0.2) is 0 Å². The fourth-order valence-corrected chi connectivity index (χ4v) is 2.92. The van der Waals surface area contributed by atoms with E-state index in [-0.39, 0.29) is 0 Å². The highest BCUT2D eigenvalue weighted by Crippen LogP contribution is 2.21. The Morgan fingerprint density at radius 1 is 1.41 bits per heavy atom. The van der Waals surface area contributed by atoms with Crippen molar-refractivity contribution in [2.75, 3.05) is 5.75 Å². The van der Waals surface area contributed by atoms with Gasteiger partial charge in [0.25, 0.3) is 0 Å². The minimum Gasteiger partial charge on any atom is -0.287 e. The Morgan fingerprint density at radius 3 is 2.76 bits per heavy atom. The zero-order chi connectivity index (χ0) is 12.7. The van der Waals surface area contributed by atoms with Gasteiger partial charge in [0.1, 0.15) is 0 Å². The molecule has 0 aromatic heterocycles. The molecule has 1 nitrogen and oxygen atoms in total. The largest absolute Gasteiger partial charge is 0.287 e. The fraction of sp³-hybridized carbons (Fsp3) is 0.500. The van der Waals surface area contributed by atoms with Gasteiger partial charge in [-0.2, -0.15) is 0 Å². The summed E-state index contributed by atoms with van der Waals surface area (Å²) in [5, 5.41) is 0.326. The van der Waals surface area contributed by atoms with Crippen molar-refractivity contribution in [2.24, 2.45) is 5.92 Å². The highest BCUT2D eigenvalue weighted by molar-refractivity contribution is 9.10. The number of carbonyl (C=O) groups is 1. The highest BCUT2D eigenvalue weighted by Gasteiger charge is 2.09. The van der Waals surface area contributed by atoms with Crippen LogP contribution < -0.4 is 0 Å². The molecule has 0 heterocycles. The predicted octanol–water partition coefficient (Wildman–Crippen LogP) is 4.69. The maximum Gasteiger partial charge on any atom is 0.189 e. The third kappa shape index (κ3) is 5.73. The van der Waals surface area contributed by atoms with Gasteiger partial charge in [0.15, 0.2) is 5.12 Å². The monoisotopic (exact) mass is 314 g/mol. The summed E-state index contributed by atoms with van der Waals surface area (Å²) in [6, 6.07) is 8.29. The second-order valence-corrected chi connectivity index (χ2v) is 6.42. The first-order valence-corrected chi connectivity index (χ1v) is 7.80. The predicted molar refractivity (Wildman–Crippen MR) is 79.4 cm³/mol. The van der Waals surface area contributed by atoms with Crippen molar-refractivity contribution in [3.63, 3.8) is 0 Å². The smallest absolute Gasteiger partial charge is 0.189 e. The van der Waals surface area contributed by atoms with E-state index in [9.17, 15) is 4.79 Å². The SMILES string of the molecule is CCSC(=O)C[C@H](C)CCc1ccccc1Br. The zero-order valence-corrected chi connectivity index (χ0v) is 12.8. The van der Waals surface area contributed by atoms with Gasteiger partial charge in [0.2, 0.25) is 0 Å². The molecule has 1 aromatic carbocycles. The van der Waals surface area contributed by atoms with Crippen molar-refractivity contribution in [1.82, 2.24) is 0 Å². The van der Waals surface area contributed by atoms with Crippen LogP contribution in [0.2, 0.25) is 0 Å². The molecule has 3 heteroatoms. The molecule has 0 fully saturated rings. The Bertz CT molecular complexity index is 365. The molecular formula is C14H19BrOS. The molecule has 17 heavy (non-hydrogen) atoms. The molecule has 0 aliphatic heterocycles. The number of hydrogen-bond acceptors (Lipinski definition) is 2. The molecule has 1 atom stereocenters. The summed E-state index contributed by atoms with van der Waals surface area (Å²) >= 11 is 4.99. The fourth-order valence-electron chi connectivity index (χ4n) is 1.71. The van der Waals surface area contributed by atoms with Gasteiger partial charge < -0.3 is 0 Å².